The number of halogens is 2. The predicted molar refractivity (Wildman–Crippen MR) is 45.9 cm³/mol. The van der Waals surface area contributed by atoms with E-state index in [-0.39, 0.29) is 40.0 Å². The first-order valence-electron chi connectivity index (χ1n) is 2.99. The molecule has 0 bridgehead atoms. The molecule has 0 amide bonds. The number of rotatable bonds is 1. The van der Waals surface area contributed by atoms with Gasteiger partial charge in [-0.1, -0.05) is 18.4 Å². The monoisotopic (exact) mass is 242 g/mol. The Morgan fingerprint density at radius 2 is 2.27 bits per heavy atom. The summed E-state index contributed by atoms with van der Waals surface area (Å²) in [7, 11) is 0. The maximum absolute atomic E-state index is 5.80. The van der Waals surface area contributed by atoms with Gasteiger partial charge in [0.1, 0.15) is 0 Å². The molecule has 0 aliphatic heterocycles. The van der Waals surface area contributed by atoms with Crippen LogP contribution in [-0.4, -0.2) is 23.1 Å². The van der Waals surface area contributed by atoms with Crippen LogP contribution < -0.4 is 17.0 Å². The van der Waals surface area contributed by atoms with Crippen LogP contribution in [0.15, 0.2) is 29.0 Å². The average Bonchev–Trinajstić information content (AvgIpc) is 1.89. The first-order chi connectivity index (χ1) is 4.34. The van der Waals surface area contributed by atoms with Gasteiger partial charge in [-0.25, -0.2) is 0 Å². The fourth-order valence-electron chi connectivity index (χ4n) is 0.717. The fourth-order valence-corrected chi connectivity index (χ4v) is 0.968. The number of hydrogen-bond acceptors (Lipinski definition) is 0. The molecule has 0 aromatic rings. The van der Waals surface area contributed by atoms with E-state index < -0.39 is 0 Å². The molecule has 11 heavy (non-hydrogen) atoms. The average molecular weight is 244 g/mol. The topological polar surface area (TPSA) is 0 Å². The molecule has 0 nitrogen and oxygen atoms in total. The van der Waals surface area contributed by atoms with Gasteiger partial charge in [-0.2, -0.15) is 0 Å². The second-order valence-corrected chi connectivity index (χ2v) is 2.28. The Morgan fingerprint density at radius 1 is 1.64 bits per heavy atom. The van der Waals surface area contributed by atoms with Crippen LogP contribution in [0.2, 0.25) is 0 Å². The van der Waals surface area contributed by atoms with Crippen LogP contribution in [0.3, 0.4) is 0 Å². The van der Waals surface area contributed by atoms with Gasteiger partial charge in [-0.3, -0.25) is 5.73 Å². The van der Waals surface area contributed by atoms with E-state index in [9.17, 15) is 0 Å². The third-order valence-electron chi connectivity index (χ3n) is 1.27. The smallest absolute Gasteiger partial charge is 1.00 e. The van der Waals surface area contributed by atoms with Crippen molar-refractivity contribution in [1.82, 2.24) is 0 Å². The fraction of sp³-hybridized carbons (Fsp3) is 0.250. The van der Waals surface area contributed by atoms with Crippen molar-refractivity contribution in [3.8, 4) is 0 Å². The van der Waals surface area contributed by atoms with E-state index in [2.05, 4.69) is 12.7 Å². The van der Waals surface area contributed by atoms with Gasteiger partial charge in [-0.15, -0.1) is 35.7 Å². The normalized spacial score (nSPS) is 13.3. The molecule has 0 atom stereocenters. The zero-order valence-electron chi connectivity index (χ0n) is 6.40. The Labute approximate surface area is 99.3 Å². The van der Waals surface area contributed by atoms with Gasteiger partial charge >= 0.3 is 23.1 Å². The Morgan fingerprint density at radius 3 is 2.64 bits per heavy atom. The van der Waals surface area contributed by atoms with Gasteiger partial charge in [0.05, 0.1) is 0 Å². The molecular weight excluding hydrogens is 236 g/mol. The van der Waals surface area contributed by atoms with E-state index in [0.29, 0.717) is 0 Å². The third-order valence-corrected chi connectivity index (χ3v) is 1.64. The Balaban J connectivity index is 0. The molecule has 56 valence electrons. The van der Waals surface area contributed by atoms with Gasteiger partial charge in [0.2, 0.25) is 0 Å². The minimum Gasteiger partial charge on any atom is -1.00 e. The standard InChI is InChI=1S/C8H8Cl.BrH.Mg/c1-2-7-5-3-4-6-8(7)9;;/h4-6H,2H2,1H3;1H;/q-1;;+2/p-1. The Bertz CT molecular complexity index is 192. The van der Waals surface area contributed by atoms with E-state index in [1.807, 2.05) is 18.2 Å². The van der Waals surface area contributed by atoms with Gasteiger partial charge < -0.3 is 17.0 Å². The third kappa shape index (κ3) is 4.29. The van der Waals surface area contributed by atoms with Crippen molar-refractivity contribution >= 4 is 34.7 Å². The van der Waals surface area contributed by atoms with Gasteiger partial charge in [0.15, 0.2) is 0 Å². The Hall–Kier alpha value is 0.666. The molecule has 0 saturated carbocycles. The predicted octanol–water partition coefficient (Wildman–Crippen LogP) is -0.558. The second-order valence-electron chi connectivity index (χ2n) is 1.87. The summed E-state index contributed by atoms with van der Waals surface area (Å²) in [6.45, 7) is 2.08. The molecule has 1 aliphatic rings. The van der Waals surface area contributed by atoms with E-state index in [0.717, 1.165) is 11.5 Å². The Kier molecular flexibility index (Phi) is 9.46. The molecule has 0 N–H and O–H groups in total. The first-order valence-corrected chi connectivity index (χ1v) is 3.37. The second kappa shape index (κ2) is 7.32. The molecule has 0 spiro atoms. The van der Waals surface area contributed by atoms with Crippen LogP contribution in [0.4, 0.5) is 0 Å². The summed E-state index contributed by atoms with van der Waals surface area (Å²) < 4.78 is 0. The van der Waals surface area contributed by atoms with E-state index in [1.165, 1.54) is 5.92 Å². The van der Waals surface area contributed by atoms with Crippen LogP contribution in [0.1, 0.15) is 13.3 Å². The number of hydrogen-bond donors (Lipinski definition) is 0. The molecule has 1 rings (SSSR count). The van der Waals surface area contributed by atoms with Crippen molar-refractivity contribution in [3.05, 3.63) is 34.9 Å². The first kappa shape index (κ1) is 14.2. The molecular formula is C8H8BrClMg. The molecule has 0 fully saturated rings. The zero-order chi connectivity index (χ0) is 6.69. The molecule has 0 aromatic heterocycles. The van der Waals surface area contributed by atoms with E-state index in [4.69, 9.17) is 11.6 Å². The van der Waals surface area contributed by atoms with Crippen molar-refractivity contribution in [3.63, 3.8) is 0 Å². The largest absolute Gasteiger partial charge is 2.00 e. The van der Waals surface area contributed by atoms with Crippen LogP contribution in [0.5, 0.6) is 0 Å². The molecule has 0 radical (unpaired) electrons. The summed E-state index contributed by atoms with van der Waals surface area (Å²) in [5.74, 6) is 1.17. The van der Waals surface area contributed by atoms with Crippen LogP contribution in [-0.2, 0) is 0 Å². The summed E-state index contributed by atoms with van der Waals surface area (Å²) >= 11 is 5.80. The van der Waals surface area contributed by atoms with Crippen molar-refractivity contribution in [1.29, 1.82) is 0 Å². The minimum absolute atomic E-state index is 0. The molecule has 0 unspecified atom stereocenters. The van der Waals surface area contributed by atoms with Crippen LogP contribution >= 0.6 is 11.6 Å². The quantitative estimate of drug-likeness (QED) is 0.329. The van der Waals surface area contributed by atoms with Gasteiger partial charge in [0, 0.05) is 0 Å². The van der Waals surface area contributed by atoms with Crippen molar-refractivity contribution in [2.45, 2.75) is 13.3 Å². The maximum atomic E-state index is 5.80. The van der Waals surface area contributed by atoms with Crippen LogP contribution in [0.25, 0.3) is 0 Å². The maximum Gasteiger partial charge on any atom is 2.00 e. The molecule has 0 aromatic carbocycles. The van der Waals surface area contributed by atoms with Gasteiger partial charge in [-0.05, 0) is 0 Å². The SMILES string of the molecule is CC[C-]1C=C=CC=C1Cl.[Br-].[Mg+2]. The number of allylic oxidation sites excluding steroid dienone is 3. The minimum atomic E-state index is 0. The summed E-state index contributed by atoms with van der Waals surface area (Å²) in [6.07, 6.45) is 6.58. The summed E-state index contributed by atoms with van der Waals surface area (Å²) in [5.41, 5.74) is 2.97. The molecule has 3 heteroatoms. The van der Waals surface area contributed by atoms with Crippen molar-refractivity contribution in [2.75, 3.05) is 0 Å². The molecule has 0 saturated heterocycles. The van der Waals surface area contributed by atoms with Crippen molar-refractivity contribution < 1.29 is 17.0 Å². The summed E-state index contributed by atoms with van der Waals surface area (Å²) in [4.78, 5) is 0. The molecule has 1 aliphatic carbocycles. The van der Waals surface area contributed by atoms with Gasteiger partial charge in [0.25, 0.3) is 0 Å². The zero-order valence-corrected chi connectivity index (χ0v) is 10.2. The molecule has 0 heterocycles. The van der Waals surface area contributed by atoms with E-state index >= 15 is 0 Å². The van der Waals surface area contributed by atoms with Crippen molar-refractivity contribution in [2.24, 2.45) is 0 Å². The summed E-state index contributed by atoms with van der Waals surface area (Å²) in [5, 5.41) is 0.844. The van der Waals surface area contributed by atoms with E-state index in [1.54, 1.807) is 0 Å². The summed E-state index contributed by atoms with van der Waals surface area (Å²) in [6, 6.07) is 0. The van der Waals surface area contributed by atoms with Crippen LogP contribution in [0, 0.1) is 5.92 Å².